The first kappa shape index (κ1) is 10.8. The van der Waals surface area contributed by atoms with Crippen molar-refractivity contribution < 1.29 is 5.11 Å². The Morgan fingerprint density at radius 1 is 1.73 bits per heavy atom. The maximum Gasteiger partial charge on any atom is 0.123 e. The van der Waals surface area contributed by atoms with Gasteiger partial charge in [-0.3, -0.25) is 0 Å². The molecule has 1 aliphatic heterocycles. The highest BCUT2D eigenvalue weighted by Crippen LogP contribution is 2.36. The van der Waals surface area contributed by atoms with Crippen LogP contribution in [-0.4, -0.2) is 26.7 Å². The molecule has 1 saturated heterocycles. The molecule has 1 aliphatic rings. The lowest BCUT2D eigenvalue weighted by atomic mass is 9.92. The molecule has 1 aromatic heterocycles. The topological polar surface area (TPSA) is 59.1 Å². The van der Waals surface area contributed by atoms with Crippen LogP contribution in [0.2, 0.25) is 0 Å². The molecule has 2 unspecified atom stereocenters. The van der Waals surface area contributed by atoms with Crippen molar-refractivity contribution in [3.63, 3.8) is 0 Å². The van der Waals surface area contributed by atoms with E-state index in [0.717, 1.165) is 17.7 Å². The maximum atomic E-state index is 10.3. The van der Waals surface area contributed by atoms with Crippen molar-refractivity contribution >= 4 is 17.6 Å². The van der Waals surface area contributed by atoms with Gasteiger partial charge in [0.1, 0.15) is 5.82 Å². The summed E-state index contributed by atoms with van der Waals surface area (Å²) in [6.07, 6.45) is 3.23. The van der Waals surface area contributed by atoms with E-state index in [4.69, 9.17) is 5.73 Å². The minimum absolute atomic E-state index is 0.523. The van der Waals surface area contributed by atoms with Crippen molar-refractivity contribution in [3.8, 4) is 0 Å². The fourth-order valence-corrected chi connectivity index (χ4v) is 3.30. The Hall–Kier alpha value is -0.740. The van der Waals surface area contributed by atoms with Crippen LogP contribution in [0, 0.1) is 0 Å². The van der Waals surface area contributed by atoms with Gasteiger partial charge < -0.3 is 10.8 Å². The van der Waals surface area contributed by atoms with Gasteiger partial charge in [-0.05, 0) is 24.1 Å². The van der Waals surface area contributed by atoms with Gasteiger partial charge in [0.2, 0.25) is 0 Å². The lowest BCUT2D eigenvalue weighted by Crippen LogP contribution is -2.31. The van der Waals surface area contributed by atoms with Gasteiger partial charge in [0, 0.05) is 23.6 Å². The zero-order chi connectivity index (χ0) is 10.9. The molecule has 0 amide bonds. The molecule has 2 rings (SSSR count). The average molecular weight is 224 g/mol. The van der Waals surface area contributed by atoms with Crippen LogP contribution in [0.15, 0.2) is 18.3 Å². The highest BCUT2D eigenvalue weighted by Gasteiger charge is 2.35. The fourth-order valence-electron chi connectivity index (χ4n) is 2.06. The third kappa shape index (κ3) is 2.63. The number of anilines is 1. The Morgan fingerprint density at radius 3 is 3.13 bits per heavy atom. The second-order valence-corrected chi connectivity index (χ2v) is 5.74. The molecule has 3 N–H and O–H groups in total. The van der Waals surface area contributed by atoms with Crippen molar-refractivity contribution in [2.45, 2.75) is 30.6 Å². The number of aromatic nitrogens is 1. The third-order valence-corrected chi connectivity index (χ3v) is 4.12. The molecule has 0 saturated carbocycles. The van der Waals surface area contributed by atoms with Gasteiger partial charge in [0.25, 0.3) is 0 Å². The van der Waals surface area contributed by atoms with Crippen molar-refractivity contribution in [2.75, 3.05) is 11.5 Å². The van der Waals surface area contributed by atoms with E-state index in [1.165, 1.54) is 0 Å². The van der Waals surface area contributed by atoms with Gasteiger partial charge in [-0.25, -0.2) is 4.98 Å². The summed E-state index contributed by atoms with van der Waals surface area (Å²) < 4.78 is 0. The second kappa shape index (κ2) is 4.02. The summed E-state index contributed by atoms with van der Waals surface area (Å²) in [5.74, 6) is 1.34. The standard InChI is InChI=1S/C11H16N2OS/c1-8-5-11(14,7-15-8)6-9-2-3-13-10(12)4-9/h2-4,8,14H,5-7H2,1H3,(H2,12,13). The average Bonchev–Trinajstić information content (AvgIpc) is 2.45. The molecular formula is C11H16N2OS. The molecule has 1 aromatic rings. The minimum Gasteiger partial charge on any atom is -0.389 e. The summed E-state index contributed by atoms with van der Waals surface area (Å²) in [5.41, 5.74) is 6.12. The molecule has 3 nitrogen and oxygen atoms in total. The smallest absolute Gasteiger partial charge is 0.123 e. The SMILES string of the molecule is CC1CC(O)(Cc2ccnc(N)c2)CS1. The van der Waals surface area contributed by atoms with E-state index >= 15 is 0 Å². The summed E-state index contributed by atoms with van der Waals surface area (Å²) in [6.45, 7) is 2.16. The fraction of sp³-hybridized carbons (Fsp3) is 0.545. The van der Waals surface area contributed by atoms with E-state index in [-0.39, 0.29) is 0 Å². The highest BCUT2D eigenvalue weighted by atomic mass is 32.2. The van der Waals surface area contributed by atoms with E-state index in [1.807, 2.05) is 23.9 Å². The quantitative estimate of drug-likeness (QED) is 0.798. The molecule has 2 atom stereocenters. The van der Waals surface area contributed by atoms with Crippen molar-refractivity contribution in [3.05, 3.63) is 23.9 Å². The van der Waals surface area contributed by atoms with Crippen LogP contribution < -0.4 is 5.73 Å². The number of hydrogen-bond acceptors (Lipinski definition) is 4. The van der Waals surface area contributed by atoms with Gasteiger partial charge >= 0.3 is 0 Å². The Labute approximate surface area is 94.1 Å². The monoisotopic (exact) mass is 224 g/mol. The molecule has 0 radical (unpaired) electrons. The zero-order valence-electron chi connectivity index (χ0n) is 8.81. The van der Waals surface area contributed by atoms with Crippen LogP contribution in [0.3, 0.4) is 0 Å². The number of nitrogens with two attached hydrogens (primary N) is 1. The van der Waals surface area contributed by atoms with E-state index in [1.54, 1.807) is 6.20 Å². The lowest BCUT2D eigenvalue weighted by Gasteiger charge is -2.21. The molecular weight excluding hydrogens is 208 g/mol. The van der Waals surface area contributed by atoms with Gasteiger partial charge in [-0.2, -0.15) is 11.8 Å². The summed E-state index contributed by atoms with van der Waals surface area (Å²) in [7, 11) is 0. The number of rotatable bonds is 2. The van der Waals surface area contributed by atoms with Crippen molar-refractivity contribution in [2.24, 2.45) is 0 Å². The second-order valence-electron chi connectivity index (χ2n) is 4.32. The Balaban J connectivity index is 2.08. The zero-order valence-corrected chi connectivity index (χ0v) is 9.63. The molecule has 0 bridgehead atoms. The Morgan fingerprint density at radius 2 is 2.53 bits per heavy atom. The summed E-state index contributed by atoms with van der Waals surface area (Å²) >= 11 is 1.83. The number of hydrogen-bond donors (Lipinski definition) is 2. The van der Waals surface area contributed by atoms with E-state index in [9.17, 15) is 5.11 Å². The van der Waals surface area contributed by atoms with Crippen LogP contribution in [-0.2, 0) is 6.42 Å². The molecule has 82 valence electrons. The minimum atomic E-state index is -0.558. The normalized spacial score (nSPS) is 30.7. The molecule has 1 fully saturated rings. The first-order valence-electron chi connectivity index (χ1n) is 5.12. The van der Waals surface area contributed by atoms with E-state index < -0.39 is 5.60 Å². The third-order valence-electron chi connectivity index (χ3n) is 2.68. The largest absolute Gasteiger partial charge is 0.389 e. The molecule has 2 heterocycles. The number of nitrogen functional groups attached to an aromatic ring is 1. The number of aliphatic hydroxyl groups is 1. The Kier molecular flexibility index (Phi) is 2.89. The lowest BCUT2D eigenvalue weighted by molar-refractivity contribution is 0.0642. The molecule has 0 aliphatic carbocycles. The van der Waals surface area contributed by atoms with Crippen LogP contribution in [0.1, 0.15) is 18.9 Å². The van der Waals surface area contributed by atoms with Crippen LogP contribution >= 0.6 is 11.8 Å². The van der Waals surface area contributed by atoms with Gasteiger partial charge in [-0.15, -0.1) is 0 Å². The summed E-state index contributed by atoms with van der Waals surface area (Å²) in [5, 5.41) is 10.9. The number of thioether (sulfide) groups is 1. The first-order valence-corrected chi connectivity index (χ1v) is 6.17. The molecule has 0 aromatic carbocycles. The summed E-state index contributed by atoms with van der Waals surface area (Å²) in [4.78, 5) is 3.94. The molecule has 0 spiro atoms. The van der Waals surface area contributed by atoms with Gasteiger partial charge in [-0.1, -0.05) is 6.92 Å². The van der Waals surface area contributed by atoms with E-state index in [0.29, 0.717) is 17.5 Å². The molecule has 15 heavy (non-hydrogen) atoms. The van der Waals surface area contributed by atoms with E-state index in [2.05, 4.69) is 11.9 Å². The Bertz CT molecular complexity index is 358. The van der Waals surface area contributed by atoms with Crippen LogP contribution in [0.25, 0.3) is 0 Å². The maximum absolute atomic E-state index is 10.3. The van der Waals surface area contributed by atoms with Gasteiger partial charge in [0.05, 0.1) is 5.60 Å². The van der Waals surface area contributed by atoms with Crippen LogP contribution in [0.5, 0.6) is 0 Å². The summed E-state index contributed by atoms with van der Waals surface area (Å²) in [6, 6.07) is 3.76. The van der Waals surface area contributed by atoms with Crippen LogP contribution in [0.4, 0.5) is 5.82 Å². The predicted octanol–water partition coefficient (Wildman–Crippen LogP) is 1.46. The highest BCUT2D eigenvalue weighted by molar-refractivity contribution is 8.00. The van der Waals surface area contributed by atoms with Crippen molar-refractivity contribution in [1.82, 2.24) is 4.98 Å². The number of nitrogens with zero attached hydrogens (tertiary/aromatic N) is 1. The van der Waals surface area contributed by atoms with Crippen molar-refractivity contribution in [1.29, 1.82) is 0 Å². The number of pyridine rings is 1. The first-order chi connectivity index (χ1) is 7.07. The molecule has 4 heteroatoms. The predicted molar refractivity (Wildman–Crippen MR) is 63.8 cm³/mol. The van der Waals surface area contributed by atoms with Gasteiger partial charge in [0.15, 0.2) is 0 Å².